The molecule has 4 rings (SSSR count). The summed E-state index contributed by atoms with van der Waals surface area (Å²) in [6.45, 7) is 3.34. The van der Waals surface area contributed by atoms with Gasteiger partial charge in [0.05, 0.1) is 23.4 Å². The lowest BCUT2D eigenvalue weighted by molar-refractivity contribution is 0.0694. The van der Waals surface area contributed by atoms with Crippen molar-refractivity contribution < 1.29 is 9.90 Å². The highest BCUT2D eigenvalue weighted by atomic mass is 16.4. The Balaban J connectivity index is 2.05. The molecule has 2 aromatic heterocycles. The maximum atomic E-state index is 12.1. The number of benzene rings is 1. The Morgan fingerprint density at radius 2 is 2.17 bits per heavy atom. The number of carboxylic acid groups (broad SMARTS) is 1. The summed E-state index contributed by atoms with van der Waals surface area (Å²) in [7, 11) is 0. The number of carboxylic acids is 1. The quantitative estimate of drug-likeness (QED) is 0.787. The lowest BCUT2D eigenvalue weighted by atomic mass is 10.0. The summed E-state index contributed by atoms with van der Waals surface area (Å²) >= 11 is 0. The molecular weight excluding hydrogens is 294 g/mol. The standard InChI is InChI=1S/C17H15N3O3/c1-2-10-4-3-5-11-15(10)18-20-7-6-19-9-12(17(22)23)14(21)8-13(19)16(11)20/h3-5,8-9H,2,6-7H2,1H3,(H,22,23). The number of nitrogens with zero attached hydrogens (tertiary/aromatic N) is 3. The molecule has 116 valence electrons. The van der Waals surface area contributed by atoms with Gasteiger partial charge < -0.3 is 9.67 Å². The normalized spacial score (nSPS) is 12.9. The van der Waals surface area contributed by atoms with Crippen molar-refractivity contribution in [1.29, 1.82) is 0 Å². The average Bonchev–Trinajstić information content (AvgIpc) is 2.92. The van der Waals surface area contributed by atoms with Crippen molar-refractivity contribution in [3.05, 3.63) is 51.8 Å². The molecule has 23 heavy (non-hydrogen) atoms. The summed E-state index contributed by atoms with van der Waals surface area (Å²) < 4.78 is 3.75. The first-order valence-electron chi connectivity index (χ1n) is 7.56. The number of aryl methyl sites for hydroxylation is 3. The Bertz CT molecular complexity index is 1010. The molecule has 0 aliphatic carbocycles. The van der Waals surface area contributed by atoms with E-state index in [2.05, 4.69) is 13.0 Å². The topological polar surface area (TPSA) is 77.1 Å². The maximum absolute atomic E-state index is 12.1. The van der Waals surface area contributed by atoms with E-state index in [1.165, 1.54) is 17.8 Å². The van der Waals surface area contributed by atoms with E-state index in [4.69, 9.17) is 10.2 Å². The molecule has 0 radical (unpaired) electrons. The average molecular weight is 309 g/mol. The third kappa shape index (κ3) is 1.91. The summed E-state index contributed by atoms with van der Waals surface area (Å²) in [6.07, 6.45) is 2.32. The van der Waals surface area contributed by atoms with Crippen LogP contribution in [0.3, 0.4) is 0 Å². The fraction of sp³-hybridized carbons (Fsp3) is 0.235. The predicted molar refractivity (Wildman–Crippen MR) is 85.8 cm³/mol. The van der Waals surface area contributed by atoms with Crippen LogP contribution in [-0.2, 0) is 19.5 Å². The first kappa shape index (κ1) is 13.8. The molecule has 1 aromatic carbocycles. The molecule has 0 fully saturated rings. The number of fused-ring (bicyclic) bond motifs is 5. The smallest absolute Gasteiger partial charge is 0.341 e. The van der Waals surface area contributed by atoms with Crippen molar-refractivity contribution in [1.82, 2.24) is 14.3 Å². The van der Waals surface area contributed by atoms with Crippen LogP contribution in [0.1, 0.15) is 22.8 Å². The van der Waals surface area contributed by atoms with Crippen molar-refractivity contribution in [2.24, 2.45) is 0 Å². The van der Waals surface area contributed by atoms with Crippen LogP contribution >= 0.6 is 0 Å². The monoisotopic (exact) mass is 309 g/mol. The molecule has 1 N–H and O–H groups in total. The zero-order valence-corrected chi connectivity index (χ0v) is 12.6. The molecule has 3 aromatic rings. The van der Waals surface area contributed by atoms with Crippen LogP contribution in [0, 0.1) is 0 Å². The largest absolute Gasteiger partial charge is 0.477 e. The molecule has 3 heterocycles. The van der Waals surface area contributed by atoms with Gasteiger partial charge in [0.15, 0.2) is 5.43 Å². The van der Waals surface area contributed by atoms with Gasteiger partial charge in [0, 0.05) is 24.2 Å². The van der Waals surface area contributed by atoms with Crippen molar-refractivity contribution >= 4 is 16.9 Å². The van der Waals surface area contributed by atoms with Crippen molar-refractivity contribution in [3.63, 3.8) is 0 Å². The lowest BCUT2D eigenvalue weighted by Crippen LogP contribution is -2.24. The Hall–Kier alpha value is -2.89. The maximum Gasteiger partial charge on any atom is 0.341 e. The molecule has 0 spiro atoms. The van der Waals surface area contributed by atoms with E-state index in [0.717, 1.165) is 28.7 Å². The van der Waals surface area contributed by atoms with E-state index in [1.54, 1.807) is 0 Å². The van der Waals surface area contributed by atoms with Gasteiger partial charge in [0.1, 0.15) is 5.56 Å². The number of aromatic nitrogens is 3. The van der Waals surface area contributed by atoms with Crippen LogP contribution in [-0.4, -0.2) is 25.4 Å². The summed E-state index contributed by atoms with van der Waals surface area (Å²) in [5.74, 6) is -1.19. The number of hydrogen-bond donors (Lipinski definition) is 1. The van der Waals surface area contributed by atoms with E-state index >= 15 is 0 Å². The van der Waals surface area contributed by atoms with Crippen LogP contribution < -0.4 is 5.43 Å². The van der Waals surface area contributed by atoms with Crippen LogP contribution in [0.2, 0.25) is 0 Å². The number of rotatable bonds is 2. The first-order chi connectivity index (χ1) is 11.1. The van der Waals surface area contributed by atoms with Crippen molar-refractivity contribution in [2.75, 3.05) is 0 Å². The molecule has 0 unspecified atom stereocenters. The number of carbonyl (C=O) groups is 1. The lowest BCUT2D eigenvalue weighted by Gasteiger charge is -2.21. The van der Waals surface area contributed by atoms with E-state index in [-0.39, 0.29) is 5.56 Å². The molecule has 1 aliphatic rings. The van der Waals surface area contributed by atoms with Gasteiger partial charge in [-0.05, 0) is 12.0 Å². The Morgan fingerprint density at radius 1 is 1.35 bits per heavy atom. The minimum Gasteiger partial charge on any atom is -0.477 e. The fourth-order valence-electron chi connectivity index (χ4n) is 3.25. The van der Waals surface area contributed by atoms with E-state index < -0.39 is 11.4 Å². The van der Waals surface area contributed by atoms with E-state index in [0.29, 0.717) is 13.1 Å². The Kier molecular flexibility index (Phi) is 2.87. The zero-order chi connectivity index (χ0) is 16.1. The number of pyridine rings is 1. The molecule has 0 amide bonds. The molecule has 0 bridgehead atoms. The minimum atomic E-state index is -1.19. The van der Waals surface area contributed by atoms with Gasteiger partial charge in [0.2, 0.25) is 0 Å². The second-order valence-corrected chi connectivity index (χ2v) is 5.67. The number of aromatic carboxylic acids is 1. The van der Waals surface area contributed by atoms with Gasteiger partial charge in [-0.2, -0.15) is 5.10 Å². The van der Waals surface area contributed by atoms with Gasteiger partial charge in [-0.3, -0.25) is 9.48 Å². The molecule has 0 saturated carbocycles. The highest BCUT2D eigenvalue weighted by Crippen LogP contribution is 2.32. The molecular formula is C17H15N3O3. The minimum absolute atomic E-state index is 0.194. The highest BCUT2D eigenvalue weighted by molar-refractivity contribution is 5.95. The van der Waals surface area contributed by atoms with Crippen molar-refractivity contribution in [2.45, 2.75) is 26.4 Å². The van der Waals surface area contributed by atoms with Crippen molar-refractivity contribution in [3.8, 4) is 11.4 Å². The van der Waals surface area contributed by atoms with Crippen LogP contribution in [0.15, 0.2) is 35.3 Å². The fourth-order valence-corrected chi connectivity index (χ4v) is 3.25. The first-order valence-corrected chi connectivity index (χ1v) is 7.56. The Morgan fingerprint density at radius 3 is 2.91 bits per heavy atom. The van der Waals surface area contributed by atoms with Gasteiger partial charge >= 0.3 is 5.97 Å². The summed E-state index contributed by atoms with van der Waals surface area (Å²) in [6, 6.07) is 7.46. The van der Waals surface area contributed by atoms with Gasteiger partial charge in [-0.15, -0.1) is 0 Å². The van der Waals surface area contributed by atoms with Crippen LogP contribution in [0.4, 0.5) is 0 Å². The predicted octanol–water partition coefficient (Wildman–Crippen LogP) is 2.14. The van der Waals surface area contributed by atoms with E-state index in [9.17, 15) is 9.59 Å². The molecule has 6 heteroatoms. The van der Waals surface area contributed by atoms with Crippen LogP contribution in [0.5, 0.6) is 0 Å². The Labute approximate surface area is 131 Å². The summed E-state index contributed by atoms with van der Waals surface area (Å²) in [5.41, 5.74) is 3.06. The summed E-state index contributed by atoms with van der Waals surface area (Å²) in [4.78, 5) is 23.3. The molecule has 0 atom stereocenters. The van der Waals surface area contributed by atoms with Gasteiger partial charge in [0.25, 0.3) is 0 Å². The zero-order valence-electron chi connectivity index (χ0n) is 12.6. The number of hydrogen-bond acceptors (Lipinski definition) is 3. The molecule has 1 aliphatic heterocycles. The van der Waals surface area contributed by atoms with Gasteiger partial charge in [-0.25, -0.2) is 4.79 Å². The van der Waals surface area contributed by atoms with E-state index in [1.807, 2.05) is 21.4 Å². The van der Waals surface area contributed by atoms with Crippen LogP contribution in [0.25, 0.3) is 22.3 Å². The third-order valence-corrected chi connectivity index (χ3v) is 4.39. The molecule has 6 nitrogen and oxygen atoms in total. The molecule has 0 saturated heterocycles. The highest BCUT2D eigenvalue weighted by Gasteiger charge is 2.23. The summed E-state index contributed by atoms with van der Waals surface area (Å²) in [5, 5.41) is 14.8. The second kappa shape index (κ2) is 4.81. The second-order valence-electron chi connectivity index (χ2n) is 5.67. The SMILES string of the molecule is CCc1cccc2c3n(nc12)CCn1cc(C(=O)O)c(=O)cc1-3. The van der Waals surface area contributed by atoms with Gasteiger partial charge in [-0.1, -0.05) is 25.1 Å². The third-order valence-electron chi connectivity index (χ3n) is 4.39.